The lowest BCUT2D eigenvalue weighted by atomic mass is 10.0. The van der Waals surface area contributed by atoms with Crippen LogP contribution in [0.25, 0.3) is 22.2 Å². The van der Waals surface area contributed by atoms with Crippen molar-refractivity contribution in [2.45, 2.75) is 13.0 Å². The SMILES string of the molecule is COc1cc2c3c(n(CCCN(C)C)c(=O)c2cc1OC)-c1ncccc1C3=O.Cl. The minimum Gasteiger partial charge on any atom is -0.493 e. The molecule has 1 aliphatic rings. The third kappa shape index (κ3) is 3.34. The van der Waals surface area contributed by atoms with Crippen molar-refractivity contribution in [2.75, 3.05) is 34.9 Å². The zero-order chi connectivity index (χ0) is 20.7. The summed E-state index contributed by atoms with van der Waals surface area (Å²) in [4.78, 5) is 33.2. The maximum atomic E-state index is 13.5. The number of fused-ring (bicyclic) bond motifs is 5. The first kappa shape index (κ1) is 21.8. The molecule has 0 amide bonds. The third-order valence-corrected chi connectivity index (χ3v) is 5.27. The minimum absolute atomic E-state index is 0. The molecule has 0 spiro atoms. The number of methoxy groups -OCH3 is 2. The Morgan fingerprint density at radius 3 is 2.37 bits per heavy atom. The third-order valence-electron chi connectivity index (χ3n) is 5.27. The lowest BCUT2D eigenvalue weighted by molar-refractivity contribution is 0.104. The van der Waals surface area contributed by atoms with E-state index in [0.29, 0.717) is 51.3 Å². The number of halogens is 1. The molecule has 0 N–H and O–H groups in total. The van der Waals surface area contributed by atoms with E-state index in [2.05, 4.69) is 9.88 Å². The normalized spacial score (nSPS) is 12.0. The first-order valence-electron chi connectivity index (χ1n) is 9.45. The molecule has 0 fully saturated rings. The van der Waals surface area contributed by atoms with Crippen LogP contribution in [0.1, 0.15) is 22.3 Å². The van der Waals surface area contributed by atoms with E-state index in [-0.39, 0.29) is 23.7 Å². The fraction of sp³-hybridized carbons (Fsp3) is 0.318. The number of hydrogen-bond acceptors (Lipinski definition) is 6. The van der Waals surface area contributed by atoms with Gasteiger partial charge < -0.3 is 18.9 Å². The van der Waals surface area contributed by atoms with Gasteiger partial charge in [0.15, 0.2) is 17.3 Å². The Labute approximate surface area is 180 Å². The molecule has 2 aromatic heterocycles. The van der Waals surface area contributed by atoms with Crippen molar-refractivity contribution in [3.8, 4) is 22.9 Å². The van der Waals surface area contributed by atoms with E-state index in [1.54, 1.807) is 35.0 Å². The van der Waals surface area contributed by atoms with Crippen LogP contribution in [-0.4, -0.2) is 55.1 Å². The van der Waals surface area contributed by atoms with Gasteiger partial charge in [-0.05, 0) is 51.3 Å². The van der Waals surface area contributed by atoms with Gasteiger partial charge in [-0.25, -0.2) is 0 Å². The first-order valence-corrected chi connectivity index (χ1v) is 9.45. The molecule has 0 bridgehead atoms. The molecular formula is C22H24ClN3O4. The molecule has 0 atom stereocenters. The van der Waals surface area contributed by atoms with Gasteiger partial charge in [-0.3, -0.25) is 14.6 Å². The number of benzene rings is 1. The van der Waals surface area contributed by atoms with Crippen LogP contribution in [0.5, 0.6) is 11.5 Å². The predicted octanol–water partition coefficient (Wildman–Crippen LogP) is 3.00. The van der Waals surface area contributed by atoms with Crippen LogP contribution >= 0.6 is 12.4 Å². The van der Waals surface area contributed by atoms with E-state index in [4.69, 9.17) is 9.47 Å². The molecule has 0 radical (unpaired) electrons. The largest absolute Gasteiger partial charge is 0.493 e. The van der Waals surface area contributed by atoms with Crippen molar-refractivity contribution in [2.24, 2.45) is 0 Å². The summed E-state index contributed by atoms with van der Waals surface area (Å²) in [5.41, 5.74) is 2.01. The van der Waals surface area contributed by atoms with Crippen LogP contribution in [0.3, 0.4) is 0 Å². The summed E-state index contributed by atoms with van der Waals surface area (Å²) in [6, 6.07) is 6.86. The second kappa shape index (κ2) is 8.45. The summed E-state index contributed by atoms with van der Waals surface area (Å²) in [6.45, 7) is 1.32. The second-order valence-electron chi connectivity index (χ2n) is 7.32. The average Bonchev–Trinajstić information content (AvgIpc) is 3.02. The van der Waals surface area contributed by atoms with E-state index >= 15 is 0 Å². The molecule has 30 heavy (non-hydrogen) atoms. The molecule has 3 aromatic rings. The number of rotatable bonds is 6. The van der Waals surface area contributed by atoms with Gasteiger partial charge in [-0.2, -0.15) is 0 Å². The summed E-state index contributed by atoms with van der Waals surface area (Å²) >= 11 is 0. The highest BCUT2D eigenvalue weighted by atomic mass is 35.5. The number of carbonyl (C=O) groups is 1. The van der Waals surface area contributed by atoms with Crippen molar-refractivity contribution >= 4 is 29.0 Å². The van der Waals surface area contributed by atoms with Crippen molar-refractivity contribution in [3.05, 3.63) is 51.9 Å². The summed E-state index contributed by atoms with van der Waals surface area (Å²) in [6.07, 6.45) is 2.42. The molecule has 0 aliphatic heterocycles. The Balaban J connectivity index is 0.00000256. The Morgan fingerprint density at radius 1 is 1.07 bits per heavy atom. The molecule has 0 saturated carbocycles. The van der Waals surface area contributed by atoms with Gasteiger partial charge in [0.25, 0.3) is 5.56 Å². The van der Waals surface area contributed by atoms with E-state index in [0.717, 1.165) is 13.0 Å². The number of ether oxygens (including phenoxy) is 2. The fourth-order valence-electron chi connectivity index (χ4n) is 3.92. The van der Waals surface area contributed by atoms with Gasteiger partial charge >= 0.3 is 0 Å². The maximum absolute atomic E-state index is 13.5. The zero-order valence-corrected chi connectivity index (χ0v) is 18.2. The smallest absolute Gasteiger partial charge is 0.259 e. The molecule has 0 saturated heterocycles. The molecule has 7 nitrogen and oxygen atoms in total. The van der Waals surface area contributed by atoms with Gasteiger partial charge in [0, 0.05) is 18.1 Å². The average molecular weight is 430 g/mol. The lowest BCUT2D eigenvalue weighted by Gasteiger charge is -2.17. The van der Waals surface area contributed by atoms with Gasteiger partial charge in [-0.1, -0.05) is 0 Å². The standard InChI is InChI=1S/C22H23N3O4.ClH/c1-24(2)9-6-10-25-20-18(21(26)13-7-5-8-23-19(13)20)14-11-16(28-3)17(29-4)12-15(14)22(25)27;/h5,7-8,11-12H,6,9-10H2,1-4H3;1H. The van der Waals surface area contributed by atoms with Crippen LogP contribution in [0.2, 0.25) is 0 Å². The summed E-state index contributed by atoms with van der Waals surface area (Å²) in [5.74, 6) is 0.809. The van der Waals surface area contributed by atoms with Crippen LogP contribution in [0, 0.1) is 0 Å². The Hall–Kier alpha value is -2.90. The number of ketones is 1. The molecule has 4 rings (SSSR count). The van der Waals surface area contributed by atoms with Gasteiger partial charge in [0.05, 0.1) is 42.1 Å². The van der Waals surface area contributed by atoms with Crippen molar-refractivity contribution in [3.63, 3.8) is 0 Å². The number of carbonyl (C=O) groups excluding carboxylic acids is 1. The van der Waals surface area contributed by atoms with E-state index < -0.39 is 0 Å². The lowest BCUT2D eigenvalue weighted by Crippen LogP contribution is -2.25. The number of hydrogen-bond donors (Lipinski definition) is 0. The quantitative estimate of drug-likeness (QED) is 0.469. The maximum Gasteiger partial charge on any atom is 0.259 e. The van der Waals surface area contributed by atoms with Crippen LogP contribution in [-0.2, 0) is 6.54 Å². The second-order valence-corrected chi connectivity index (χ2v) is 7.32. The van der Waals surface area contributed by atoms with Gasteiger partial charge in [0.2, 0.25) is 0 Å². The molecule has 8 heteroatoms. The molecule has 2 heterocycles. The molecule has 1 aromatic carbocycles. The van der Waals surface area contributed by atoms with E-state index in [9.17, 15) is 9.59 Å². The zero-order valence-electron chi connectivity index (χ0n) is 17.4. The highest BCUT2D eigenvalue weighted by molar-refractivity contribution is 6.26. The van der Waals surface area contributed by atoms with Gasteiger partial charge in [-0.15, -0.1) is 12.4 Å². The van der Waals surface area contributed by atoms with Crippen molar-refractivity contribution < 1.29 is 14.3 Å². The number of aromatic nitrogens is 2. The highest BCUT2D eigenvalue weighted by Gasteiger charge is 2.34. The predicted molar refractivity (Wildman–Crippen MR) is 118 cm³/mol. The van der Waals surface area contributed by atoms with E-state index in [1.807, 2.05) is 14.1 Å². The van der Waals surface area contributed by atoms with Crippen LogP contribution < -0.4 is 15.0 Å². The number of pyridine rings is 2. The summed E-state index contributed by atoms with van der Waals surface area (Å²) < 4.78 is 12.5. The fourth-order valence-corrected chi connectivity index (χ4v) is 3.92. The Bertz CT molecular complexity index is 1190. The molecule has 158 valence electrons. The number of nitrogens with zero attached hydrogens (tertiary/aromatic N) is 3. The van der Waals surface area contributed by atoms with E-state index in [1.165, 1.54) is 14.2 Å². The van der Waals surface area contributed by atoms with Crippen molar-refractivity contribution in [1.82, 2.24) is 14.5 Å². The molecular weight excluding hydrogens is 406 g/mol. The first-order chi connectivity index (χ1) is 14.0. The summed E-state index contributed by atoms with van der Waals surface area (Å²) in [7, 11) is 7.04. The Kier molecular flexibility index (Phi) is 6.14. The van der Waals surface area contributed by atoms with Crippen LogP contribution in [0.4, 0.5) is 0 Å². The topological polar surface area (TPSA) is 73.7 Å². The summed E-state index contributed by atoms with van der Waals surface area (Å²) in [5, 5.41) is 1.00. The molecule has 0 unspecified atom stereocenters. The monoisotopic (exact) mass is 429 g/mol. The molecule has 1 aliphatic carbocycles. The van der Waals surface area contributed by atoms with Crippen molar-refractivity contribution in [1.29, 1.82) is 0 Å². The van der Waals surface area contributed by atoms with Crippen LogP contribution in [0.15, 0.2) is 35.3 Å². The Morgan fingerprint density at radius 2 is 1.73 bits per heavy atom. The minimum atomic E-state index is -0.162. The van der Waals surface area contributed by atoms with Gasteiger partial charge in [0.1, 0.15) is 0 Å². The highest BCUT2D eigenvalue weighted by Crippen LogP contribution is 2.41.